The molecule has 1 aliphatic rings. The Balaban J connectivity index is 1.42. The van der Waals surface area contributed by atoms with Crippen molar-refractivity contribution < 1.29 is 4.79 Å². The number of aromatic nitrogens is 4. The Morgan fingerprint density at radius 1 is 1.14 bits per heavy atom. The highest BCUT2D eigenvalue weighted by Gasteiger charge is 2.27. The topological polar surface area (TPSA) is 102 Å². The van der Waals surface area contributed by atoms with Crippen LogP contribution in [0.5, 0.6) is 0 Å². The quantitative estimate of drug-likeness (QED) is 0.720. The Morgan fingerprint density at radius 3 is 2.57 bits per heavy atom. The summed E-state index contributed by atoms with van der Waals surface area (Å²) in [5, 5.41) is 2.94. The highest BCUT2D eigenvalue weighted by Crippen LogP contribution is 2.31. The minimum Gasteiger partial charge on any atom is -0.326 e. The standard InChI is InChI=1S/C20H23N5O3/c1-24-16-6-7-17(26)23-18(16)25(20(24)28)12-13-2-4-14(5-3-13)19(27)22-15-8-10-21-11-9-15/h6-11,13-14H,2-5,12H2,1H3,(H,23,26)(H,21,22,27). The Hall–Kier alpha value is -3.16. The number of fused-ring (bicyclic) bond motifs is 1. The van der Waals surface area contributed by atoms with Crippen LogP contribution in [0, 0.1) is 11.8 Å². The zero-order chi connectivity index (χ0) is 19.7. The summed E-state index contributed by atoms with van der Waals surface area (Å²) in [5.74, 6) is 0.321. The van der Waals surface area contributed by atoms with E-state index in [9.17, 15) is 14.4 Å². The van der Waals surface area contributed by atoms with Crippen LogP contribution in [0.3, 0.4) is 0 Å². The fourth-order valence-electron chi connectivity index (χ4n) is 4.03. The molecule has 0 bridgehead atoms. The minimum absolute atomic E-state index is 0.0199. The predicted molar refractivity (Wildman–Crippen MR) is 106 cm³/mol. The van der Waals surface area contributed by atoms with Crippen molar-refractivity contribution in [1.29, 1.82) is 0 Å². The number of H-pyrrole nitrogens is 1. The summed E-state index contributed by atoms with van der Waals surface area (Å²) < 4.78 is 3.21. The molecule has 0 spiro atoms. The first-order chi connectivity index (χ1) is 13.5. The molecule has 0 aliphatic heterocycles. The van der Waals surface area contributed by atoms with Gasteiger partial charge in [0.05, 0.1) is 5.52 Å². The molecule has 1 aliphatic carbocycles. The molecule has 146 valence electrons. The lowest BCUT2D eigenvalue weighted by Gasteiger charge is -2.27. The molecular weight excluding hydrogens is 358 g/mol. The Bertz CT molecular complexity index is 1100. The Kier molecular flexibility index (Phi) is 4.85. The van der Waals surface area contributed by atoms with Crippen molar-refractivity contribution in [2.45, 2.75) is 32.2 Å². The molecule has 4 rings (SSSR count). The van der Waals surface area contributed by atoms with E-state index in [2.05, 4.69) is 15.3 Å². The number of hydrogen-bond donors (Lipinski definition) is 2. The maximum Gasteiger partial charge on any atom is 0.330 e. The second-order valence-corrected chi connectivity index (χ2v) is 7.45. The average molecular weight is 381 g/mol. The number of anilines is 1. The monoisotopic (exact) mass is 381 g/mol. The van der Waals surface area contributed by atoms with Crippen LogP contribution in [0.4, 0.5) is 5.69 Å². The van der Waals surface area contributed by atoms with E-state index in [1.165, 1.54) is 6.07 Å². The summed E-state index contributed by atoms with van der Waals surface area (Å²) in [4.78, 5) is 43.5. The van der Waals surface area contributed by atoms with Crippen LogP contribution in [-0.4, -0.2) is 25.0 Å². The van der Waals surface area contributed by atoms with Crippen molar-refractivity contribution in [2.75, 3.05) is 5.32 Å². The molecule has 0 aromatic carbocycles. The fraction of sp³-hybridized carbons (Fsp3) is 0.400. The number of hydrogen-bond acceptors (Lipinski definition) is 4. The number of nitrogens with one attached hydrogen (secondary N) is 2. The van der Waals surface area contributed by atoms with E-state index in [0.717, 1.165) is 36.9 Å². The molecule has 0 radical (unpaired) electrons. The Labute approximate surface area is 161 Å². The summed E-state index contributed by atoms with van der Waals surface area (Å²) in [7, 11) is 1.71. The van der Waals surface area contributed by atoms with Gasteiger partial charge >= 0.3 is 5.69 Å². The van der Waals surface area contributed by atoms with Crippen molar-refractivity contribution in [1.82, 2.24) is 19.1 Å². The summed E-state index contributed by atoms with van der Waals surface area (Å²) in [6.45, 7) is 0.550. The van der Waals surface area contributed by atoms with Crippen LogP contribution >= 0.6 is 0 Å². The van der Waals surface area contributed by atoms with Crippen LogP contribution in [0.15, 0.2) is 46.2 Å². The van der Waals surface area contributed by atoms with E-state index >= 15 is 0 Å². The van der Waals surface area contributed by atoms with Gasteiger partial charge in [-0.25, -0.2) is 4.79 Å². The summed E-state index contributed by atoms with van der Waals surface area (Å²) in [6.07, 6.45) is 6.62. The predicted octanol–water partition coefficient (Wildman–Crippen LogP) is 1.87. The van der Waals surface area contributed by atoms with Crippen LogP contribution in [-0.2, 0) is 18.4 Å². The number of nitrogens with zero attached hydrogens (tertiary/aromatic N) is 3. The van der Waals surface area contributed by atoms with E-state index in [1.54, 1.807) is 46.8 Å². The number of imidazole rings is 1. The van der Waals surface area contributed by atoms with Crippen molar-refractivity contribution in [3.8, 4) is 0 Å². The molecule has 2 N–H and O–H groups in total. The van der Waals surface area contributed by atoms with Crippen LogP contribution in [0.25, 0.3) is 11.2 Å². The molecule has 3 aromatic rings. The van der Waals surface area contributed by atoms with Gasteiger partial charge in [0, 0.05) is 43.7 Å². The SMILES string of the molecule is Cn1c(=O)n(CC2CCC(C(=O)Nc3ccncc3)CC2)c2[nH]c(=O)ccc21. The fourth-order valence-corrected chi connectivity index (χ4v) is 4.03. The number of carbonyl (C=O) groups excluding carboxylic acids is 1. The second kappa shape index (κ2) is 7.46. The molecule has 1 amide bonds. The molecule has 0 saturated heterocycles. The molecule has 8 heteroatoms. The van der Waals surface area contributed by atoms with Gasteiger partial charge in [-0.05, 0) is 49.8 Å². The van der Waals surface area contributed by atoms with E-state index in [0.29, 0.717) is 18.1 Å². The number of aryl methyl sites for hydroxylation is 1. The highest BCUT2D eigenvalue weighted by atomic mass is 16.2. The van der Waals surface area contributed by atoms with Gasteiger partial charge in [0.15, 0.2) is 0 Å². The smallest absolute Gasteiger partial charge is 0.326 e. The first-order valence-electron chi connectivity index (χ1n) is 9.52. The number of amides is 1. The average Bonchev–Trinajstić information content (AvgIpc) is 2.93. The van der Waals surface area contributed by atoms with E-state index in [-0.39, 0.29) is 23.1 Å². The lowest BCUT2D eigenvalue weighted by molar-refractivity contribution is -0.121. The third-order valence-corrected chi connectivity index (χ3v) is 5.63. The van der Waals surface area contributed by atoms with Gasteiger partial charge in [0.25, 0.3) is 0 Å². The van der Waals surface area contributed by atoms with Crippen LogP contribution < -0.4 is 16.6 Å². The first-order valence-corrected chi connectivity index (χ1v) is 9.52. The minimum atomic E-state index is -0.219. The lowest BCUT2D eigenvalue weighted by atomic mass is 9.81. The first kappa shape index (κ1) is 18.2. The van der Waals surface area contributed by atoms with Gasteiger partial charge in [-0.15, -0.1) is 0 Å². The molecule has 1 fully saturated rings. The van der Waals surface area contributed by atoms with Crippen molar-refractivity contribution >= 4 is 22.8 Å². The molecule has 3 heterocycles. The molecule has 28 heavy (non-hydrogen) atoms. The summed E-state index contributed by atoms with van der Waals surface area (Å²) in [6, 6.07) is 6.65. The summed E-state index contributed by atoms with van der Waals surface area (Å²) in [5.41, 5.74) is 1.69. The lowest BCUT2D eigenvalue weighted by Crippen LogP contribution is -2.31. The molecule has 3 aromatic heterocycles. The van der Waals surface area contributed by atoms with E-state index in [4.69, 9.17) is 0 Å². The maximum atomic E-state index is 12.6. The van der Waals surface area contributed by atoms with Crippen molar-refractivity contribution in [3.05, 3.63) is 57.5 Å². The Morgan fingerprint density at radius 2 is 1.86 bits per heavy atom. The van der Waals surface area contributed by atoms with Gasteiger partial charge in [0.2, 0.25) is 11.5 Å². The molecule has 0 atom stereocenters. The van der Waals surface area contributed by atoms with Gasteiger partial charge in [-0.2, -0.15) is 0 Å². The van der Waals surface area contributed by atoms with Gasteiger partial charge in [0.1, 0.15) is 5.65 Å². The second-order valence-electron chi connectivity index (χ2n) is 7.45. The molecule has 8 nitrogen and oxygen atoms in total. The van der Waals surface area contributed by atoms with Crippen LogP contribution in [0.1, 0.15) is 25.7 Å². The number of pyridine rings is 2. The van der Waals surface area contributed by atoms with Crippen molar-refractivity contribution in [2.24, 2.45) is 18.9 Å². The molecular formula is C20H23N5O3. The number of carbonyl (C=O) groups is 1. The molecule has 0 unspecified atom stereocenters. The molecule has 1 saturated carbocycles. The van der Waals surface area contributed by atoms with Gasteiger partial charge in [-0.1, -0.05) is 0 Å². The third-order valence-electron chi connectivity index (χ3n) is 5.63. The van der Waals surface area contributed by atoms with Crippen molar-refractivity contribution in [3.63, 3.8) is 0 Å². The normalized spacial score (nSPS) is 19.6. The summed E-state index contributed by atoms with van der Waals surface area (Å²) >= 11 is 0. The highest BCUT2D eigenvalue weighted by molar-refractivity contribution is 5.92. The third kappa shape index (κ3) is 3.49. The maximum absolute atomic E-state index is 12.6. The van der Waals surface area contributed by atoms with E-state index in [1.807, 2.05) is 0 Å². The largest absolute Gasteiger partial charge is 0.330 e. The number of aromatic amines is 1. The zero-order valence-corrected chi connectivity index (χ0v) is 15.7. The van der Waals surface area contributed by atoms with E-state index < -0.39 is 0 Å². The zero-order valence-electron chi connectivity index (χ0n) is 15.7. The number of rotatable bonds is 4. The van der Waals surface area contributed by atoms with Crippen LogP contribution in [0.2, 0.25) is 0 Å². The van der Waals surface area contributed by atoms with Gasteiger partial charge < -0.3 is 10.3 Å². The van der Waals surface area contributed by atoms with Gasteiger partial charge in [-0.3, -0.25) is 23.7 Å².